The number of hydrogen-bond acceptors (Lipinski definition) is 3. The summed E-state index contributed by atoms with van der Waals surface area (Å²) in [6, 6.07) is 6.30. The highest BCUT2D eigenvalue weighted by atomic mass is 79.9. The van der Waals surface area contributed by atoms with Gasteiger partial charge in [-0.25, -0.2) is 0 Å². The standard InChI is InChI=1S/C13H18BrN3O/c1-15-9-10-2-3-11(14)8-12(10)17-6-4-13(18)16-5-7-17/h2-3,8,15H,4-7,9H2,1H3,(H,16,18). The van der Waals surface area contributed by atoms with Crippen molar-refractivity contribution in [3.05, 3.63) is 28.2 Å². The molecule has 0 aliphatic carbocycles. The molecular formula is C13H18BrN3O. The third-order valence-corrected chi connectivity index (χ3v) is 3.56. The molecule has 0 aromatic heterocycles. The Bertz CT molecular complexity index is 436. The van der Waals surface area contributed by atoms with Crippen LogP contribution in [0.5, 0.6) is 0 Å². The van der Waals surface area contributed by atoms with Crippen molar-refractivity contribution in [3.8, 4) is 0 Å². The van der Waals surface area contributed by atoms with Crippen molar-refractivity contribution >= 4 is 27.5 Å². The van der Waals surface area contributed by atoms with E-state index in [1.165, 1.54) is 11.3 Å². The molecule has 1 aromatic rings. The first-order valence-electron chi connectivity index (χ1n) is 6.15. The van der Waals surface area contributed by atoms with Crippen molar-refractivity contribution in [2.24, 2.45) is 0 Å². The molecule has 0 radical (unpaired) electrons. The lowest BCUT2D eigenvalue weighted by atomic mass is 10.1. The van der Waals surface area contributed by atoms with Gasteiger partial charge in [0.1, 0.15) is 0 Å². The molecule has 0 unspecified atom stereocenters. The smallest absolute Gasteiger partial charge is 0.221 e. The maximum Gasteiger partial charge on any atom is 0.221 e. The Morgan fingerprint density at radius 2 is 2.28 bits per heavy atom. The summed E-state index contributed by atoms with van der Waals surface area (Å²) in [6.45, 7) is 3.18. The Morgan fingerprint density at radius 1 is 1.44 bits per heavy atom. The predicted octanol–water partition coefficient (Wildman–Crippen LogP) is 1.49. The van der Waals surface area contributed by atoms with E-state index in [1.54, 1.807) is 0 Å². The van der Waals surface area contributed by atoms with Crippen molar-refractivity contribution in [3.63, 3.8) is 0 Å². The van der Waals surface area contributed by atoms with E-state index in [4.69, 9.17) is 0 Å². The molecule has 1 aliphatic rings. The summed E-state index contributed by atoms with van der Waals surface area (Å²) < 4.78 is 1.07. The van der Waals surface area contributed by atoms with E-state index >= 15 is 0 Å². The Morgan fingerprint density at radius 3 is 3.06 bits per heavy atom. The highest BCUT2D eigenvalue weighted by Gasteiger charge is 2.16. The quantitative estimate of drug-likeness (QED) is 0.889. The van der Waals surface area contributed by atoms with E-state index in [1.807, 2.05) is 7.05 Å². The van der Waals surface area contributed by atoms with E-state index in [0.29, 0.717) is 13.0 Å². The van der Waals surface area contributed by atoms with Crippen molar-refractivity contribution in [1.29, 1.82) is 0 Å². The van der Waals surface area contributed by atoms with Crippen molar-refractivity contribution in [2.75, 3.05) is 31.6 Å². The molecule has 4 nitrogen and oxygen atoms in total. The molecule has 1 aromatic carbocycles. The summed E-state index contributed by atoms with van der Waals surface area (Å²) in [6.07, 6.45) is 0.561. The van der Waals surface area contributed by atoms with Crippen LogP contribution in [0.25, 0.3) is 0 Å². The monoisotopic (exact) mass is 311 g/mol. The van der Waals surface area contributed by atoms with Crippen LogP contribution in [0.4, 0.5) is 5.69 Å². The minimum atomic E-state index is 0.141. The van der Waals surface area contributed by atoms with Gasteiger partial charge in [-0.05, 0) is 24.7 Å². The van der Waals surface area contributed by atoms with Crippen LogP contribution < -0.4 is 15.5 Å². The van der Waals surface area contributed by atoms with Crippen LogP contribution in [-0.4, -0.2) is 32.6 Å². The second kappa shape index (κ2) is 6.20. The first-order chi connectivity index (χ1) is 8.70. The zero-order chi connectivity index (χ0) is 13.0. The van der Waals surface area contributed by atoms with Gasteiger partial charge in [0, 0.05) is 42.8 Å². The zero-order valence-corrected chi connectivity index (χ0v) is 12.1. The number of rotatable bonds is 3. The zero-order valence-electron chi connectivity index (χ0n) is 10.5. The first-order valence-corrected chi connectivity index (χ1v) is 6.94. The summed E-state index contributed by atoms with van der Waals surface area (Å²) in [4.78, 5) is 13.7. The third kappa shape index (κ3) is 3.23. The maximum absolute atomic E-state index is 11.4. The lowest BCUT2D eigenvalue weighted by molar-refractivity contribution is -0.120. The third-order valence-electron chi connectivity index (χ3n) is 3.07. The van der Waals surface area contributed by atoms with Crippen LogP contribution >= 0.6 is 15.9 Å². The molecular weight excluding hydrogens is 294 g/mol. The van der Waals surface area contributed by atoms with Crippen LogP contribution in [0, 0.1) is 0 Å². The van der Waals surface area contributed by atoms with Crippen LogP contribution in [0.2, 0.25) is 0 Å². The molecule has 2 N–H and O–H groups in total. The first kappa shape index (κ1) is 13.4. The number of hydrogen-bond donors (Lipinski definition) is 2. The minimum absolute atomic E-state index is 0.141. The fourth-order valence-electron chi connectivity index (χ4n) is 2.18. The summed E-state index contributed by atoms with van der Waals surface area (Å²) in [5, 5.41) is 6.09. The SMILES string of the molecule is CNCc1ccc(Br)cc1N1CCNC(=O)CC1. The Kier molecular flexibility index (Phi) is 4.60. The Hall–Kier alpha value is -1.07. The predicted molar refractivity (Wildman–Crippen MR) is 76.7 cm³/mol. The molecule has 1 amide bonds. The lowest BCUT2D eigenvalue weighted by Gasteiger charge is -2.25. The molecule has 2 rings (SSSR count). The van der Waals surface area contributed by atoms with Crippen molar-refractivity contribution < 1.29 is 4.79 Å². The molecule has 1 heterocycles. The minimum Gasteiger partial charge on any atom is -0.369 e. The fraction of sp³-hybridized carbons (Fsp3) is 0.462. The summed E-state index contributed by atoms with van der Waals surface area (Å²) in [5.41, 5.74) is 2.46. The molecule has 98 valence electrons. The van der Waals surface area contributed by atoms with E-state index in [9.17, 15) is 4.79 Å². The number of carbonyl (C=O) groups excluding carboxylic acids is 1. The van der Waals surface area contributed by atoms with Gasteiger partial charge in [0.2, 0.25) is 5.91 Å². The molecule has 0 atom stereocenters. The number of nitrogens with zero attached hydrogens (tertiary/aromatic N) is 1. The van der Waals surface area contributed by atoms with Crippen LogP contribution in [-0.2, 0) is 11.3 Å². The highest BCUT2D eigenvalue weighted by Crippen LogP contribution is 2.25. The van der Waals surface area contributed by atoms with E-state index in [0.717, 1.165) is 24.1 Å². The fourth-order valence-corrected chi connectivity index (χ4v) is 2.53. The molecule has 5 heteroatoms. The normalized spacial score (nSPS) is 16.3. The van der Waals surface area contributed by atoms with Crippen LogP contribution in [0.3, 0.4) is 0 Å². The summed E-state index contributed by atoms with van der Waals surface area (Å²) in [5.74, 6) is 0.141. The average molecular weight is 312 g/mol. The van der Waals surface area contributed by atoms with E-state index in [2.05, 4.69) is 49.7 Å². The molecule has 0 spiro atoms. The number of amides is 1. The average Bonchev–Trinajstić information content (AvgIpc) is 2.57. The second-order valence-electron chi connectivity index (χ2n) is 4.39. The molecule has 0 saturated carbocycles. The number of carbonyl (C=O) groups is 1. The van der Waals surface area contributed by atoms with Gasteiger partial charge in [-0.3, -0.25) is 4.79 Å². The topological polar surface area (TPSA) is 44.4 Å². The molecule has 0 bridgehead atoms. The van der Waals surface area contributed by atoms with Crippen molar-refractivity contribution in [1.82, 2.24) is 10.6 Å². The van der Waals surface area contributed by atoms with Crippen molar-refractivity contribution in [2.45, 2.75) is 13.0 Å². The maximum atomic E-state index is 11.4. The van der Waals surface area contributed by atoms with Gasteiger partial charge in [-0.2, -0.15) is 0 Å². The van der Waals surface area contributed by atoms with Gasteiger partial charge in [0.15, 0.2) is 0 Å². The second-order valence-corrected chi connectivity index (χ2v) is 5.31. The number of benzene rings is 1. The molecule has 1 saturated heterocycles. The largest absolute Gasteiger partial charge is 0.369 e. The van der Waals surface area contributed by atoms with Gasteiger partial charge in [-0.1, -0.05) is 22.0 Å². The van der Waals surface area contributed by atoms with Crippen LogP contribution in [0.1, 0.15) is 12.0 Å². The highest BCUT2D eigenvalue weighted by molar-refractivity contribution is 9.10. The number of anilines is 1. The number of nitrogens with one attached hydrogen (secondary N) is 2. The molecule has 1 fully saturated rings. The van der Waals surface area contributed by atoms with E-state index in [-0.39, 0.29) is 5.91 Å². The Balaban J connectivity index is 2.24. The Labute approximate surface area is 116 Å². The number of halogens is 1. The molecule has 1 aliphatic heterocycles. The summed E-state index contributed by atoms with van der Waals surface area (Å²) >= 11 is 3.52. The lowest BCUT2D eigenvalue weighted by Crippen LogP contribution is -2.29. The van der Waals surface area contributed by atoms with Gasteiger partial charge >= 0.3 is 0 Å². The van der Waals surface area contributed by atoms with E-state index < -0.39 is 0 Å². The molecule has 18 heavy (non-hydrogen) atoms. The van der Waals surface area contributed by atoms with Gasteiger partial charge in [0.05, 0.1) is 0 Å². The van der Waals surface area contributed by atoms with Crippen LogP contribution in [0.15, 0.2) is 22.7 Å². The van der Waals surface area contributed by atoms with Gasteiger partial charge < -0.3 is 15.5 Å². The van der Waals surface area contributed by atoms with Gasteiger partial charge in [-0.15, -0.1) is 0 Å². The summed E-state index contributed by atoms with van der Waals surface area (Å²) in [7, 11) is 1.94. The van der Waals surface area contributed by atoms with Gasteiger partial charge in [0.25, 0.3) is 0 Å².